The first-order chi connectivity index (χ1) is 16.6. The molecule has 1 aliphatic rings. The van der Waals surface area contributed by atoms with Crippen LogP contribution in [-0.2, 0) is 0 Å². The average molecular weight is 522 g/mol. The van der Waals surface area contributed by atoms with Crippen LogP contribution in [0.5, 0.6) is 11.5 Å². The van der Waals surface area contributed by atoms with Gasteiger partial charge in [0.2, 0.25) is 5.95 Å². The molecule has 0 bridgehead atoms. The highest BCUT2D eigenvalue weighted by Crippen LogP contribution is 2.39. The van der Waals surface area contributed by atoms with Crippen LogP contribution in [0.2, 0.25) is 0 Å². The van der Waals surface area contributed by atoms with Crippen molar-refractivity contribution in [1.29, 1.82) is 5.26 Å². The molecule has 1 fully saturated rings. The van der Waals surface area contributed by atoms with Crippen molar-refractivity contribution in [2.75, 3.05) is 12.0 Å². The van der Waals surface area contributed by atoms with Gasteiger partial charge in [0.05, 0.1) is 29.1 Å². The van der Waals surface area contributed by atoms with E-state index in [9.17, 15) is 10.1 Å². The van der Waals surface area contributed by atoms with Gasteiger partial charge in [-0.1, -0.05) is 30.3 Å². The second kappa shape index (κ2) is 11.0. The molecule has 1 aromatic heterocycles. The summed E-state index contributed by atoms with van der Waals surface area (Å²) < 4.78 is 12.8. The first-order valence-corrected chi connectivity index (χ1v) is 11.9. The number of nitrogens with one attached hydrogen (secondary N) is 2. The van der Waals surface area contributed by atoms with E-state index < -0.39 is 5.56 Å². The summed E-state index contributed by atoms with van der Waals surface area (Å²) in [5.74, 6) is 1.47. The topological polar surface area (TPSA) is 112 Å². The van der Waals surface area contributed by atoms with Gasteiger partial charge in [0.1, 0.15) is 11.6 Å². The molecule has 2 aromatic carbocycles. The number of anilines is 1. The van der Waals surface area contributed by atoms with Crippen molar-refractivity contribution in [3.63, 3.8) is 0 Å². The lowest BCUT2D eigenvalue weighted by molar-refractivity contribution is 0.195. The molecule has 1 heterocycles. The van der Waals surface area contributed by atoms with Crippen LogP contribution in [0.15, 0.2) is 56.8 Å². The predicted molar refractivity (Wildman–Crippen MR) is 134 cm³/mol. The van der Waals surface area contributed by atoms with E-state index in [0.717, 1.165) is 22.9 Å². The number of aromatic amines is 1. The number of nitriles is 1. The van der Waals surface area contributed by atoms with Crippen molar-refractivity contribution in [2.24, 2.45) is 5.10 Å². The zero-order chi connectivity index (χ0) is 23.9. The SMILES string of the molecule is CCOc1cc(C=NNc2nc(-c3ccccc3)c(C#N)c(=O)[nH]2)cc(Br)c1OC1CCCC1. The van der Waals surface area contributed by atoms with E-state index in [1.807, 2.05) is 43.3 Å². The molecule has 0 saturated heterocycles. The number of nitrogens with zero attached hydrogens (tertiary/aromatic N) is 3. The Labute approximate surface area is 205 Å². The Morgan fingerprint density at radius 1 is 1.29 bits per heavy atom. The molecule has 3 aromatic rings. The van der Waals surface area contributed by atoms with E-state index in [-0.39, 0.29) is 17.6 Å². The molecule has 34 heavy (non-hydrogen) atoms. The van der Waals surface area contributed by atoms with Crippen molar-refractivity contribution < 1.29 is 9.47 Å². The van der Waals surface area contributed by atoms with Crippen molar-refractivity contribution in [1.82, 2.24) is 9.97 Å². The lowest BCUT2D eigenvalue weighted by Crippen LogP contribution is -2.16. The van der Waals surface area contributed by atoms with Crippen LogP contribution in [0.4, 0.5) is 5.95 Å². The number of hydrogen-bond acceptors (Lipinski definition) is 7. The highest BCUT2D eigenvalue weighted by atomic mass is 79.9. The molecule has 0 radical (unpaired) electrons. The van der Waals surface area contributed by atoms with Gasteiger partial charge in [-0.2, -0.15) is 10.4 Å². The maximum atomic E-state index is 12.4. The fourth-order valence-electron chi connectivity index (χ4n) is 3.82. The van der Waals surface area contributed by atoms with Crippen molar-refractivity contribution in [2.45, 2.75) is 38.7 Å². The minimum Gasteiger partial charge on any atom is -0.490 e. The monoisotopic (exact) mass is 521 g/mol. The molecular weight excluding hydrogens is 498 g/mol. The summed E-state index contributed by atoms with van der Waals surface area (Å²) in [5, 5.41) is 13.6. The second-order valence-electron chi connectivity index (χ2n) is 7.77. The molecule has 0 aliphatic heterocycles. The van der Waals surface area contributed by atoms with Crippen LogP contribution in [0.1, 0.15) is 43.7 Å². The van der Waals surface area contributed by atoms with E-state index in [4.69, 9.17) is 9.47 Å². The van der Waals surface area contributed by atoms with Crippen molar-refractivity contribution >= 4 is 28.1 Å². The third-order valence-corrected chi connectivity index (χ3v) is 5.97. The molecule has 1 aliphatic carbocycles. The average Bonchev–Trinajstić information content (AvgIpc) is 3.35. The summed E-state index contributed by atoms with van der Waals surface area (Å²) in [7, 11) is 0. The Hall–Kier alpha value is -3.64. The van der Waals surface area contributed by atoms with E-state index in [2.05, 4.69) is 36.4 Å². The van der Waals surface area contributed by atoms with Gasteiger partial charge >= 0.3 is 0 Å². The van der Waals surface area contributed by atoms with Crippen LogP contribution in [0.3, 0.4) is 0 Å². The lowest BCUT2D eigenvalue weighted by Gasteiger charge is -2.18. The van der Waals surface area contributed by atoms with Gasteiger partial charge in [-0.05, 0) is 66.2 Å². The third-order valence-electron chi connectivity index (χ3n) is 5.38. The van der Waals surface area contributed by atoms with E-state index in [1.54, 1.807) is 18.3 Å². The molecule has 2 N–H and O–H groups in total. The number of H-pyrrole nitrogens is 1. The van der Waals surface area contributed by atoms with E-state index in [1.165, 1.54) is 12.8 Å². The Kier molecular flexibility index (Phi) is 7.60. The Morgan fingerprint density at radius 3 is 2.76 bits per heavy atom. The van der Waals surface area contributed by atoms with Gasteiger partial charge in [0, 0.05) is 5.56 Å². The predicted octanol–water partition coefficient (Wildman–Crippen LogP) is 5.24. The molecule has 0 atom stereocenters. The Balaban J connectivity index is 1.57. The molecule has 0 amide bonds. The Morgan fingerprint density at radius 2 is 2.06 bits per heavy atom. The molecule has 1 saturated carbocycles. The van der Waals surface area contributed by atoms with Crippen molar-refractivity contribution in [3.8, 4) is 28.8 Å². The first kappa shape index (κ1) is 23.5. The minimum atomic E-state index is -0.538. The smallest absolute Gasteiger partial charge is 0.270 e. The zero-order valence-electron chi connectivity index (χ0n) is 18.7. The van der Waals surface area contributed by atoms with Crippen molar-refractivity contribution in [3.05, 3.63) is 68.4 Å². The first-order valence-electron chi connectivity index (χ1n) is 11.1. The number of benzene rings is 2. The number of rotatable bonds is 8. The van der Waals surface area contributed by atoms with Gasteiger partial charge in [0.25, 0.3) is 5.56 Å². The molecule has 4 rings (SSSR count). The zero-order valence-corrected chi connectivity index (χ0v) is 20.3. The molecule has 0 unspecified atom stereocenters. The summed E-state index contributed by atoms with van der Waals surface area (Å²) in [6.45, 7) is 2.43. The summed E-state index contributed by atoms with van der Waals surface area (Å²) in [4.78, 5) is 19.3. The quantitative estimate of drug-likeness (QED) is 0.309. The maximum Gasteiger partial charge on any atom is 0.270 e. The largest absolute Gasteiger partial charge is 0.490 e. The van der Waals surface area contributed by atoms with Crippen LogP contribution in [0.25, 0.3) is 11.3 Å². The van der Waals surface area contributed by atoms with Gasteiger partial charge in [-0.3, -0.25) is 9.78 Å². The van der Waals surface area contributed by atoms with Crippen LogP contribution < -0.4 is 20.5 Å². The fraction of sp³-hybridized carbons (Fsp3) is 0.280. The molecule has 9 heteroatoms. The van der Waals surface area contributed by atoms with E-state index in [0.29, 0.717) is 29.4 Å². The minimum absolute atomic E-state index is 0.0520. The summed E-state index contributed by atoms with van der Waals surface area (Å²) in [6.07, 6.45) is 6.25. The normalized spacial score (nSPS) is 13.7. The van der Waals surface area contributed by atoms with Gasteiger partial charge in [-0.15, -0.1) is 0 Å². The van der Waals surface area contributed by atoms with Crippen LogP contribution in [-0.4, -0.2) is 28.9 Å². The van der Waals surface area contributed by atoms with Crippen LogP contribution >= 0.6 is 15.9 Å². The van der Waals surface area contributed by atoms with Gasteiger partial charge < -0.3 is 9.47 Å². The summed E-state index contributed by atoms with van der Waals surface area (Å²) in [6, 6.07) is 14.7. The molecule has 8 nitrogen and oxygen atoms in total. The lowest BCUT2D eigenvalue weighted by atomic mass is 10.1. The Bertz CT molecular complexity index is 1280. The number of halogens is 1. The summed E-state index contributed by atoms with van der Waals surface area (Å²) >= 11 is 3.60. The van der Waals surface area contributed by atoms with E-state index >= 15 is 0 Å². The van der Waals surface area contributed by atoms with Gasteiger partial charge in [-0.25, -0.2) is 10.4 Å². The van der Waals surface area contributed by atoms with Gasteiger partial charge in [0.15, 0.2) is 11.5 Å². The second-order valence-corrected chi connectivity index (χ2v) is 8.63. The number of aromatic nitrogens is 2. The maximum absolute atomic E-state index is 12.4. The highest BCUT2D eigenvalue weighted by Gasteiger charge is 2.21. The molecule has 174 valence electrons. The molecule has 0 spiro atoms. The summed E-state index contributed by atoms with van der Waals surface area (Å²) in [5.41, 5.74) is 3.88. The number of hydrogen-bond donors (Lipinski definition) is 2. The molecular formula is C25H24BrN5O3. The number of hydrazone groups is 1. The van der Waals surface area contributed by atoms with Crippen LogP contribution in [0, 0.1) is 11.3 Å². The fourth-order valence-corrected chi connectivity index (χ4v) is 4.37. The third kappa shape index (κ3) is 5.46. The highest BCUT2D eigenvalue weighted by molar-refractivity contribution is 9.10. The standard InChI is InChI=1S/C25H24BrN5O3/c1-2-33-21-13-16(12-20(26)23(21)34-18-10-6-7-11-18)15-28-31-25-29-22(17-8-4-3-5-9-17)19(14-27)24(32)30-25/h3-5,8-9,12-13,15,18H,2,6-7,10-11H2,1H3,(H2,29,30,31,32). The number of ether oxygens (including phenoxy) is 2.